The SMILES string of the molecule is Cc1cc(NC(=O)C2(N)CCOCC2)on1. The van der Waals surface area contributed by atoms with E-state index < -0.39 is 5.54 Å². The number of hydrogen-bond donors (Lipinski definition) is 2. The molecule has 1 fully saturated rings. The number of nitrogens with two attached hydrogens (primary N) is 1. The Kier molecular flexibility index (Phi) is 2.93. The lowest BCUT2D eigenvalue weighted by atomic mass is 9.90. The number of ether oxygens (including phenoxy) is 1. The van der Waals surface area contributed by atoms with Crippen molar-refractivity contribution in [3.8, 4) is 0 Å². The van der Waals surface area contributed by atoms with E-state index in [0.717, 1.165) is 0 Å². The van der Waals surface area contributed by atoms with Crippen LogP contribution in [0.25, 0.3) is 0 Å². The van der Waals surface area contributed by atoms with E-state index in [9.17, 15) is 4.79 Å². The molecule has 1 aliphatic rings. The van der Waals surface area contributed by atoms with E-state index in [0.29, 0.717) is 37.6 Å². The molecule has 1 amide bonds. The zero-order chi connectivity index (χ0) is 11.6. The summed E-state index contributed by atoms with van der Waals surface area (Å²) in [6.45, 7) is 2.81. The van der Waals surface area contributed by atoms with Gasteiger partial charge < -0.3 is 15.0 Å². The summed E-state index contributed by atoms with van der Waals surface area (Å²) in [5, 5.41) is 6.31. The van der Waals surface area contributed by atoms with Crippen LogP contribution in [0.5, 0.6) is 0 Å². The average molecular weight is 225 g/mol. The highest BCUT2D eigenvalue weighted by Gasteiger charge is 2.36. The zero-order valence-corrected chi connectivity index (χ0v) is 9.16. The molecule has 0 unspecified atom stereocenters. The van der Waals surface area contributed by atoms with Crippen LogP contribution in [-0.2, 0) is 9.53 Å². The molecular weight excluding hydrogens is 210 g/mol. The molecule has 1 aliphatic heterocycles. The number of anilines is 1. The largest absolute Gasteiger partial charge is 0.381 e. The number of aromatic nitrogens is 1. The Morgan fingerprint density at radius 2 is 2.25 bits per heavy atom. The lowest BCUT2D eigenvalue weighted by Gasteiger charge is -2.31. The van der Waals surface area contributed by atoms with E-state index in [4.69, 9.17) is 15.0 Å². The Hall–Kier alpha value is -1.40. The van der Waals surface area contributed by atoms with Gasteiger partial charge in [0, 0.05) is 19.3 Å². The minimum atomic E-state index is -0.862. The summed E-state index contributed by atoms with van der Waals surface area (Å²) in [5.41, 5.74) is 5.86. The predicted octanol–water partition coefficient (Wildman–Crippen LogP) is 0.429. The summed E-state index contributed by atoms with van der Waals surface area (Å²) >= 11 is 0. The van der Waals surface area contributed by atoms with Crippen LogP contribution in [0.15, 0.2) is 10.6 Å². The molecule has 1 aromatic rings. The van der Waals surface area contributed by atoms with Gasteiger partial charge in [-0.05, 0) is 19.8 Å². The third kappa shape index (κ3) is 2.23. The molecule has 88 valence electrons. The Labute approximate surface area is 93.1 Å². The number of aryl methyl sites for hydroxylation is 1. The number of nitrogens with one attached hydrogen (secondary N) is 1. The van der Waals surface area contributed by atoms with Crippen LogP contribution in [0.4, 0.5) is 5.88 Å². The third-order valence-corrected chi connectivity index (χ3v) is 2.70. The Morgan fingerprint density at radius 1 is 1.56 bits per heavy atom. The minimum absolute atomic E-state index is 0.244. The maximum Gasteiger partial charge on any atom is 0.247 e. The highest BCUT2D eigenvalue weighted by atomic mass is 16.5. The molecule has 2 heterocycles. The van der Waals surface area contributed by atoms with Crippen molar-refractivity contribution in [2.75, 3.05) is 18.5 Å². The Balaban J connectivity index is 2.01. The first-order valence-electron chi connectivity index (χ1n) is 5.21. The number of carbonyl (C=O) groups is 1. The van der Waals surface area contributed by atoms with Crippen LogP contribution in [0.1, 0.15) is 18.5 Å². The van der Waals surface area contributed by atoms with Gasteiger partial charge in [0.1, 0.15) is 5.54 Å². The second-order valence-electron chi connectivity index (χ2n) is 4.06. The first-order chi connectivity index (χ1) is 7.60. The molecule has 0 aromatic carbocycles. The van der Waals surface area contributed by atoms with Gasteiger partial charge in [0.15, 0.2) is 0 Å². The average Bonchev–Trinajstić information content (AvgIpc) is 2.65. The summed E-state index contributed by atoms with van der Waals surface area (Å²) in [5.74, 6) is 0.0887. The predicted molar refractivity (Wildman–Crippen MR) is 56.8 cm³/mol. The summed E-state index contributed by atoms with van der Waals surface area (Å²) in [7, 11) is 0. The summed E-state index contributed by atoms with van der Waals surface area (Å²) < 4.78 is 10.1. The van der Waals surface area contributed by atoms with Gasteiger partial charge in [-0.3, -0.25) is 10.1 Å². The molecule has 0 radical (unpaired) electrons. The molecule has 0 bridgehead atoms. The number of amides is 1. The molecule has 6 heteroatoms. The molecule has 1 saturated heterocycles. The lowest BCUT2D eigenvalue weighted by Crippen LogP contribution is -2.54. The van der Waals surface area contributed by atoms with Crippen molar-refractivity contribution in [2.24, 2.45) is 5.73 Å². The van der Waals surface area contributed by atoms with Crippen LogP contribution < -0.4 is 11.1 Å². The number of rotatable bonds is 2. The van der Waals surface area contributed by atoms with Gasteiger partial charge >= 0.3 is 0 Å². The Morgan fingerprint density at radius 3 is 2.81 bits per heavy atom. The Bertz CT molecular complexity index is 382. The number of hydrogen-bond acceptors (Lipinski definition) is 5. The van der Waals surface area contributed by atoms with Gasteiger partial charge in [0.05, 0.1) is 5.69 Å². The van der Waals surface area contributed by atoms with Gasteiger partial charge in [-0.2, -0.15) is 0 Å². The first-order valence-corrected chi connectivity index (χ1v) is 5.21. The van der Waals surface area contributed by atoms with Crippen molar-refractivity contribution >= 4 is 11.8 Å². The lowest BCUT2D eigenvalue weighted by molar-refractivity contribution is -0.124. The molecular formula is C10H15N3O3. The smallest absolute Gasteiger partial charge is 0.247 e. The normalized spacial score (nSPS) is 19.4. The van der Waals surface area contributed by atoms with Crippen molar-refractivity contribution in [1.29, 1.82) is 0 Å². The zero-order valence-electron chi connectivity index (χ0n) is 9.16. The number of carbonyl (C=O) groups excluding carboxylic acids is 1. The fraction of sp³-hybridized carbons (Fsp3) is 0.600. The third-order valence-electron chi connectivity index (χ3n) is 2.70. The van der Waals surface area contributed by atoms with Gasteiger partial charge in [0.25, 0.3) is 0 Å². The summed E-state index contributed by atoms with van der Waals surface area (Å²) in [6.07, 6.45) is 1.04. The van der Waals surface area contributed by atoms with E-state index >= 15 is 0 Å². The molecule has 0 atom stereocenters. The van der Waals surface area contributed by atoms with Crippen molar-refractivity contribution < 1.29 is 14.1 Å². The van der Waals surface area contributed by atoms with Crippen LogP contribution in [0.3, 0.4) is 0 Å². The molecule has 1 aromatic heterocycles. The second kappa shape index (κ2) is 4.23. The van der Waals surface area contributed by atoms with Gasteiger partial charge in [-0.25, -0.2) is 0 Å². The standard InChI is InChI=1S/C10H15N3O3/c1-7-6-8(16-13-7)12-9(14)10(11)2-4-15-5-3-10/h6H,2-5,11H2,1H3,(H,12,14). The van der Waals surface area contributed by atoms with Gasteiger partial charge in [-0.15, -0.1) is 0 Å². The molecule has 0 spiro atoms. The summed E-state index contributed by atoms with van der Waals surface area (Å²) in [4.78, 5) is 11.9. The van der Waals surface area contributed by atoms with Crippen molar-refractivity contribution in [3.63, 3.8) is 0 Å². The maximum atomic E-state index is 11.9. The van der Waals surface area contributed by atoms with Crippen LogP contribution in [0.2, 0.25) is 0 Å². The minimum Gasteiger partial charge on any atom is -0.381 e. The van der Waals surface area contributed by atoms with Gasteiger partial charge in [0.2, 0.25) is 11.8 Å². The summed E-state index contributed by atoms with van der Waals surface area (Å²) in [6, 6.07) is 1.65. The van der Waals surface area contributed by atoms with Crippen molar-refractivity contribution in [3.05, 3.63) is 11.8 Å². The molecule has 6 nitrogen and oxygen atoms in total. The molecule has 16 heavy (non-hydrogen) atoms. The van der Waals surface area contributed by atoms with E-state index in [2.05, 4.69) is 10.5 Å². The molecule has 3 N–H and O–H groups in total. The first kappa shape index (κ1) is 11.1. The fourth-order valence-corrected chi connectivity index (χ4v) is 1.62. The van der Waals surface area contributed by atoms with Crippen LogP contribution >= 0.6 is 0 Å². The fourth-order valence-electron chi connectivity index (χ4n) is 1.62. The second-order valence-corrected chi connectivity index (χ2v) is 4.06. The van der Waals surface area contributed by atoms with Crippen molar-refractivity contribution in [2.45, 2.75) is 25.3 Å². The highest BCUT2D eigenvalue weighted by Crippen LogP contribution is 2.20. The molecule has 0 aliphatic carbocycles. The number of nitrogens with zero attached hydrogens (tertiary/aromatic N) is 1. The molecule has 2 rings (SSSR count). The van der Waals surface area contributed by atoms with E-state index in [1.807, 2.05) is 0 Å². The van der Waals surface area contributed by atoms with E-state index in [-0.39, 0.29) is 5.91 Å². The molecule has 0 saturated carbocycles. The quantitative estimate of drug-likeness (QED) is 0.761. The maximum absolute atomic E-state index is 11.9. The van der Waals surface area contributed by atoms with Crippen LogP contribution in [-0.4, -0.2) is 29.8 Å². The highest BCUT2D eigenvalue weighted by molar-refractivity contribution is 5.97. The van der Waals surface area contributed by atoms with Crippen molar-refractivity contribution in [1.82, 2.24) is 5.16 Å². The van der Waals surface area contributed by atoms with E-state index in [1.165, 1.54) is 0 Å². The van der Waals surface area contributed by atoms with Crippen LogP contribution in [0, 0.1) is 6.92 Å². The topological polar surface area (TPSA) is 90.4 Å². The van der Waals surface area contributed by atoms with Gasteiger partial charge in [-0.1, -0.05) is 5.16 Å². The van der Waals surface area contributed by atoms with E-state index in [1.54, 1.807) is 13.0 Å². The monoisotopic (exact) mass is 225 g/mol.